The fourth-order valence-corrected chi connectivity index (χ4v) is 4.22. The first kappa shape index (κ1) is 21.2. The molecule has 2 aliphatic heterocycles. The minimum atomic E-state index is -4.86. The zero-order valence-corrected chi connectivity index (χ0v) is 17.5. The molecule has 0 saturated carbocycles. The van der Waals surface area contributed by atoms with Gasteiger partial charge in [0.05, 0.1) is 23.3 Å². The van der Waals surface area contributed by atoms with Crippen LogP contribution in [0.3, 0.4) is 0 Å². The largest absolute Gasteiger partial charge is 0.573 e. The average Bonchev–Trinajstić information content (AvgIpc) is 3.37. The van der Waals surface area contributed by atoms with Gasteiger partial charge in [0.2, 0.25) is 5.91 Å². The first-order valence-electron chi connectivity index (χ1n) is 9.87. The van der Waals surface area contributed by atoms with E-state index in [0.717, 1.165) is 6.07 Å². The van der Waals surface area contributed by atoms with E-state index in [-0.39, 0.29) is 16.8 Å². The van der Waals surface area contributed by atoms with Gasteiger partial charge in [0, 0.05) is 41.0 Å². The lowest BCUT2D eigenvalue weighted by Crippen LogP contribution is -2.18. The molecule has 2 aliphatic rings. The van der Waals surface area contributed by atoms with E-state index < -0.39 is 18.2 Å². The molecule has 1 saturated heterocycles. The Bertz CT molecular complexity index is 1290. The molecule has 1 aromatic carbocycles. The number of hydrogen-bond donors (Lipinski definition) is 1. The number of hydrogen-bond acceptors (Lipinski definition) is 5. The summed E-state index contributed by atoms with van der Waals surface area (Å²) in [5.41, 5.74) is 2.59. The highest BCUT2D eigenvalue weighted by molar-refractivity contribution is 6.31. The predicted octanol–water partition coefficient (Wildman–Crippen LogP) is 4.28. The van der Waals surface area contributed by atoms with Gasteiger partial charge in [0.15, 0.2) is 0 Å². The number of pyridine rings is 1. The number of rotatable bonds is 4. The number of benzene rings is 1. The fourth-order valence-electron chi connectivity index (χ4n) is 4.00. The molecule has 11 heteroatoms. The topological polar surface area (TPSA) is 81.4 Å². The lowest BCUT2D eigenvalue weighted by molar-refractivity contribution is -0.274. The lowest BCUT2D eigenvalue weighted by atomic mass is 9.90. The van der Waals surface area contributed by atoms with Gasteiger partial charge < -0.3 is 10.1 Å². The third kappa shape index (κ3) is 4.21. The van der Waals surface area contributed by atoms with E-state index in [2.05, 4.69) is 20.0 Å². The van der Waals surface area contributed by atoms with Crippen molar-refractivity contribution < 1.29 is 22.7 Å². The number of carbonyl (C=O) groups excluding carboxylic acids is 1. The van der Waals surface area contributed by atoms with Crippen LogP contribution in [0.2, 0.25) is 5.02 Å². The maximum absolute atomic E-state index is 12.8. The number of ether oxygens (including phenoxy) is 1. The normalized spacial score (nSPS) is 19.8. The molecular formula is C22H15ClF3N5O2. The summed E-state index contributed by atoms with van der Waals surface area (Å²) < 4.78 is 44.1. The van der Waals surface area contributed by atoms with Crippen LogP contribution in [0.5, 0.6) is 5.75 Å². The van der Waals surface area contributed by atoms with Crippen LogP contribution in [0.15, 0.2) is 65.4 Å². The van der Waals surface area contributed by atoms with E-state index in [1.807, 2.05) is 0 Å². The highest BCUT2D eigenvalue weighted by Crippen LogP contribution is 2.39. The molecule has 0 spiro atoms. The molecule has 2 aromatic heterocycles. The number of nitrogens with one attached hydrogen (secondary N) is 1. The Morgan fingerprint density at radius 3 is 2.82 bits per heavy atom. The van der Waals surface area contributed by atoms with Crippen LogP contribution in [0.25, 0.3) is 16.9 Å². The van der Waals surface area contributed by atoms with Crippen LogP contribution in [0.4, 0.5) is 13.2 Å². The second-order valence-electron chi connectivity index (χ2n) is 7.48. The summed E-state index contributed by atoms with van der Waals surface area (Å²) in [6, 6.07) is 8.62. The van der Waals surface area contributed by atoms with Crippen molar-refractivity contribution in [2.45, 2.75) is 12.4 Å². The minimum Gasteiger partial charge on any atom is -0.406 e. The molecule has 0 aliphatic carbocycles. The predicted molar refractivity (Wildman–Crippen MR) is 114 cm³/mol. The monoisotopic (exact) mass is 473 g/mol. The van der Waals surface area contributed by atoms with E-state index >= 15 is 0 Å². The summed E-state index contributed by atoms with van der Waals surface area (Å²) in [7, 11) is 0. The van der Waals surface area contributed by atoms with Gasteiger partial charge in [0.1, 0.15) is 11.8 Å². The third-order valence-corrected chi connectivity index (χ3v) is 5.57. The van der Waals surface area contributed by atoms with Gasteiger partial charge in [0.25, 0.3) is 0 Å². The van der Waals surface area contributed by atoms with Crippen LogP contribution in [0, 0.1) is 5.92 Å². The van der Waals surface area contributed by atoms with Crippen LogP contribution < -0.4 is 10.1 Å². The number of dihydropyridines is 1. The number of carbonyl (C=O) groups is 1. The summed E-state index contributed by atoms with van der Waals surface area (Å²) in [6.45, 7) is 0.419. The Balaban J connectivity index is 1.62. The molecule has 33 heavy (non-hydrogen) atoms. The van der Waals surface area contributed by atoms with Crippen molar-refractivity contribution in [1.82, 2.24) is 20.1 Å². The molecule has 2 unspecified atom stereocenters. The highest BCUT2D eigenvalue weighted by atomic mass is 35.5. The van der Waals surface area contributed by atoms with Crippen molar-refractivity contribution in [2.75, 3.05) is 6.54 Å². The molecule has 3 aromatic rings. The Morgan fingerprint density at radius 2 is 2.06 bits per heavy atom. The van der Waals surface area contributed by atoms with Crippen molar-refractivity contribution in [3.05, 3.63) is 71.2 Å². The van der Waals surface area contributed by atoms with E-state index in [1.54, 1.807) is 47.6 Å². The number of fused-ring (bicyclic) bond motifs is 1. The quantitative estimate of drug-likeness (QED) is 0.613. The van der Waals surface area contributed by atoms with Gasteiger partial charge in [-0.2, -0.15) is 5.10 Å². The smallest absolute Gasteiger partial charge is 0.406 e. The second kappa shape index (κ2) is 8.04. The molecular weight excluding hydrogens is 459 g/mol. The number of alkyl halides is 3. The Morgan fingerprint density at radius 1 is 1.21 bits per heavy atom. The minimum absolute atomic E-state index is 0.0683. The standard InChI is InChI=1S/C22H15ClF3N5O2/c23-13-6-12(7-15(8-13)33-22(24,25)26)19-9-18(30-31(19)14-2-1-4-27-10-14)20-17-11-29-21(32)16(17)3-5-28-20/h1-10,17,20H,11H2,(H,29,32). The molecule has 1 N–H and O–H groups in total. The van der Waals surface area contributed by atoms with E-state index in [0.29, 0.717) is 34.8 Å². The first-order valence-corrected chi connectivity index (χ1v) is 10.2. The Kier molecular flexibility index (Phi) is 5.16. The molecule has 4 heterocycles. The summed E-state index contributed by atoms with van der Waals surface area (Å²) >= 11 is 6.11. The Labute approximate surface area is 190 Å². The lowest BCUT2D eigenvalue weighted by Gasteiger charge is -2.19. The molecule has 0 radical (unpaired) electrons. The Hall–Kier alpha value is -3.66. The number of amides is 1. The number of halogens is 4. The molecule has 168 valence electrons. The van der Waals surface area contributed by atoms with Gasteiger partial charge in [-0.15, -0.1) is 13.2 Å². The highest BCUT2D eigenvalue weighted by Gasteiger charge is 2.38. The van der Waals surface area contributed by atoms with E-state index in [1.165, 1.54) is 12.1 Å². The van der Waals surface area contributed by atoms with E-state index in [9.17, 15) is 18.0 Å². The molecule has 0 bridgehead atoms. The number of aromatic nitrogens is 3. The third-order valence-electron chi connectivity index (χ3n) is 5.35. The van der Waals surface area contributed by atoms with Gasteiger partial charge in [-0.1, -0.05) is 11.6 Å². The number of allylic oxidation sites excluding steroid dienone is 1. The van der Waals surface area contributed by atoms with Crippen LogP contribution in [-0.4, -0.2) is 39.8 Å². The van der Waals surface area contributed by atoms with Gasteiger partial charge in [-0.05, 0) is 42.5 Å². The molecule has 2 atom stereocenters. The molecule has 5 rings (SSSR count). The average molecular weight is 474 g/mol. The van der Waals surface area contributed by atoms with Crippen LogP contribution in [-0.2, 0) is 4.79 Å². The van der Waals surface area contributed by atoms with Crippen molar-refractivity contribution in [3.63, 3.8) is 0 Å². The maximum Gasteiger partial charge on any atom is 0.573 e. The van der Waals surface area contributed by atoms with Crippen molar-refractivity contribution in [3.8, 4) is 22.7 Å². The van der Waals surface area contributed by atoms with Crippen LogP contribution in [0.1, 0.15) is 11.7 Å². The van der Waals surface area contributed by atoms with Gasteiger partial charge >= 0.3 is 6.36 Å². The number of nitrogens with zero attached hydrogens (tertiary/aromatic N) is 4. The zero-order valence-electron chi connectivity index (χ0n) is 16.8. The molecule has 1 amide bonds. The number of aliphatic imine (C=N–C) groups is 1. The van der Waals surface area contributed by atoms with E-state index in [4.69, 9.17) is 16.7 Å². The first-order chi connectivity index (χ1) is 15.8. The zero-order chi connectivity index (χ0) is 23.2. The molecule has 1 fully saturated rings. The summed E-state index contributed by atoms with van der Waals surface area (Å²) in [5.74, 6) is -0.792. The van der Waals surface area contributed by atoms with Gasteiger partial charge in [-0.25, -0.2) is 4.68 Å². The summed E-state index contributed by atoms with van der Waals surface area (Å²) in [5, 5.41) is 7.57. The van der Waals surface area contributed by atoms with Crippen molar-refractivity contribution >= 4 is 23.7 Å². The van der Waals surface area contributed by atoms with Crippen molar-refractivity contribution in [1.29, 1.82) is 0 Å². The summed E-state index contributed by atoms with van der Waals surface area (Å²) in [4.78, 5) is 20.7. The maximum atomic E-state index is 12.8. The fraction of sp³-hybridized carbons (Fsp3) is 0.182. The SMILES string of the molecule is O=C1NCC2C1=CC=NC2c1cc(-c2cc(Cl)cc(OC(F)(F)F)c2)n(-c2cccnc2)n1. The molecule has 7 nitrogen and oxygen atoms in total. The van der Waals surface area contributed by atoms with Crippen LogP contribution >= 0.6 is 11.6 Å². The summed E-state index contributed by atoms with van der Waals surface area (Å²) in [6.07, 6.45) is 1.56. The van der Waals surface area contributed by atoms with Crippen molar-refractivity contribution in [2.24, 2.45) is 10.9 Å². The van der Waals surface area contributed by atoms with Gasteiger partial charge in [-0.3, -0.25) is 14.8 Å². The second-order valence-corrected chi connectivity index (χ2v) is 7.92.